The van der Waals surface area contributed by atoms with E-state index in [0.717, 1.165) is 22.8 Å². The zero-order valence-electron chi connectivity index (χ0n) is 10.7. The molecule has 0 amide bonds. The van der Waals surface area contributed by atoms with Gasteiger partial charge in [0.1, 0.15) is 0 Å². The van der Waals surface area contributed by atoms with Crippen LogP contribution in [-0.4, -0.2) is 31.9 Å². The molecule has 17 heavy (non-hydrogen) atoms. The van der Waals surface area contributed by atoms with Gasteiger partial charge in [-0.1, -0.05) is 24.6 Å². The molecular weight excluding hydrogens is 236 g/mol. The second kappa shape index (κ2) is 6.84. The lowest BCUT2D eigenvalue weighted by atomic mass is 10.1. The highest BCUT2D eigenvalue weighted by atomic mass is 35.5. The van der Waals surface area contributed by atoms with Gasteiger partial charge >= 0.3 is 0 Å². The third-order valence-electron chi connectivity index (χ3n) is 2.84. The molecule has 96 valence electrons. The number of hydrogen-bond donors (Lipinski definition) is 2. The summed E-state index contributed by atoms with van der Waals surface area (Å²) >= 11 is 6.28. The number of likely N-dealkylation sites (N-methyl/N-ethyl adjacent to an activating group) is 1. The molecule has 0 aliphatic rings. The van der Waals surface area contributed by atoms with Gasteiger partial charge in [-0.15, -0.1) is 0 Å². The van der Waals surface area contributed by atoms with E-state index in [9.17, 15) is 0 Å². The molecule has 2 N–H and O–H groups in total. The number of rotatable bonds is 6. The van der Waals surface area contributed by atoms with E-state index in [4.69, 9.17) is 16.7 Å². The van der Waals surface area contributed by atoms with E-state index in [1.807, 2.05) is 30.1 Å². The van der Waals surface area contributed by atoms with Crippen LogP contribution in [0.1, 0.15) is 25.5 Å². The minimum absolute atomic E-state index is 0.143. The fourth-order valence-electron chi connectivity index (χ4n) is 1.80. The lowest BCUT2D eigenvalue weighted by Crippen LogP contribution is -2.22. The number of anilines is 1. The monoisotopic (exact) mass is 256 g/mol. The van der Waals surface area contributed by atoms with Crippen LogP contribution in [0, 0.1) is 0 Å². The van der Waals surface area contributed by atoms with Gasteiger partial charge in [0.25, 0.3) is 0 Å². The van der Waals surface area contributed by atoms with Gasteiger partial charge < -0.3 is 15.3 Å². The first-order valence-electron chi connectivity index (χ1n) is 5.95. The van der Waals surface area contributed by atoms with Gasteiger partial charge in [0.15, 0.2) is 0 Å². The molecule has 0 aromatic heterocycles. The maximum absolute atomic E-state index is 8.90. The zero-order valence-corrected chi connectivity index (χ0v) is 11.5. The Morgan fingerprint density at radius 1 is 1.47 bits per heavy atom. The second-order valence-electron chi connectivity index (χ2n) is 4.13. The molecule has 0 heterocycles. The highest BCUT2D eigenvalue weighted by molar-refractivity contribution is 6.31. The quantitative estimate of drug-likeness (QED) is 0.821. The highest BCUT2D eigenvalue weighted by Gasteiger charge is 2.10. The Bertz CT molecular complexity index is 357. The molecule has 0 saturated heterocycles. The van der Waals surface area contributed by atoms with Crippen LogP contribution in [0.4, 0.5) is 5.69 Å². The minimum atomic E-state index is 0.143. The molecule has 1 rings (SSSR count). The number of hydrogen-bond acceptors (Lipinski definition) is 3. The van der Waals surface area contributed by atoms with Crippen molar-refractivity contribution in [2.75, 3.05) is 31.6 Å². The van der Waals surface area contributed by atoms with Crippen molar-refractivity contribution < 1.29 is 5.11 Å². The molecule has 3 nitrogen and oxygen atoms in total. The lowest BCUT2D eigenvalue weighted by molar-refractivity contribution is 0.304. The number of aliphatic hydroxyl groups excluding tert-OH is 1. The van der Waals surface area contributed by atoms with Crippen LogP contribution < -0.4 is 10.2 Å². The predicted octanol–water partition coefficient (Wildman–Crippen LogP) is 2.44. The number of aliphatic hydroxyl groups is 1. The van der Waals surface area contributed by atoms with E-state index in [1.165, 1.54) is 0 Å². The van der Waals surface area contributed by atoms with Crippen molar-refractivity contribution in [3.63, 3.8) is 0 Å². The fraction of sp³-hybridized carbons (Fsp3) is 0.538. The van der Waals surface area contributed by atoms with Gasteiger partial charge in [-0.2, -0.15) is 0 Å². The molecular formula is C13H21ClN2O. The van der Waals surface area contributed by atoms with Gasteiger partial charge in [-0.3, -0.25) is 0 Å². The van der Waals surface area contributed by atoms with Crippen LogP contribution in [0.2, 0.25) is 5.02 Å². The molecule has 0 aliphatic carbocycles. The largest absolute Gasteiger partial charge is 0.395 e. The van der Waals surface area contributed by atoms with Crippen molar-refractivity contribution in [2.24, 2.45) is 0 Å². The molecule has 1 aromatic carbocycles. The summed E-state index contributed by atoms with van der Waals surface area (Å²) in [6.45, 7) is 5.85. The zero-order chi connectivity index (χ0) is 12.8. The standard InChI is InChI=1S/C13H21ClN2O/c1-4-15-10(2)12-6-5-11(9-13(12)14)16(3)7-8-17/h5-6,9-10,15,17H,4,7-8H2,1-3H3. The summed E-state index contributed by atoms with van der Waals surface area (Å²) in [4.78, 5) is 1.98. The summed E-state index contributed by atoms with van der Waals surface area (Å²) in [7, 11) is 1.94. The summed E-state index contributed by atoms with van der Waals surface area (Å²) in [6.07, 6.45) is 0. The summed E-state index contributed by atoms with van der Waals surface area (Å²) in [5, 5.41) is 13.0. The summed E-state index contributed by atoms with van der Waals surface area (Å²) in [5.74, 6) is 0. The first-order chi connectivity index (χ1) is 8.10. The smallest absolute Gasteiger partial charge is 0.0606 e. The maximum Gasteiger partial charge on any atom is 0.0606 e. The first kappa shape index (κ1) is 14.3. The van der Waals surface area contributed by atoms with Crippen molar-refractivity contribution in [1.82, 2.24) is 5.32 Å². The van der Waals surface area contributed by atoms with E-state index in [-0.39, 0.29) is 12.6 Å². The summed E-state index contributed by atoms with van der Waals surface area (Å²) in [6, 6.07) is 6.27. The molecule has 4 heteroatoms. The van der Waals surface area contributed by atoms with Crippen molar-refractivity contribution >= 4 is 17.3 Å². The minimum Gasteiger partial charge on any atom is -0.395 e. The molecule has 0 aliphatic heterocycles. The maximum atomic E-state index is 8.90. The molecule has 1 unspecified atom stereocenters. The normalized spacial score (nSPS) is 12.5. The molecule has 0 saturated carbocycles. The van der Waals surface area contributed by atoms with Gasteiger partial charge in [0, 0.05) is 30.3 Å². The first-order valence-corrected chi connectivity index (χ1v) is 6.32. The number of nitrogens with zero attached hydrogens (tertiary/aromatic N) is 1. The van der Waals surface area contributed by atoms with Gasteiger partial charge in [0.05, 0.1) is 6.61 Å². The topological polar surface area (TPSA) is 35.5 Å². The Balaban J connectivity index is 2.85. The Morgan fingerprint density at radius 3 is 2.71 bits per heavy atom. The number of benzene rings is 1. The van der Waals surface area contributed by atoms with Crippen molar-refractivity contribution in [2.45, 2.75) is 19.9 Å². The van der Waals surface area contributed by atoms with E-state index in [0.29, 0.717) is 6.54 Å². The number of nitrogens with one attached hydrogen (secondary N) is 1. The Kier molecular flexibility index (Phi) is 5.75. The van der Waals surface area contributed by atoms with Crippen molar-refractivity contribution in [3.8, 4) is 0 Å². The third kappa shape index (κ3) is 3.87. The van der Waals surface area contributed by atoms with Crippen LogP contribution in [0.15, 0.2) is 18.2 Å². The predicted molar refractivity (Wildman–Crippen MR) is 73.9 cm³/mol. The van der Waals surface area contributed by atoms with Crippen LogP contribution in [0.25, 0.3) is 0 Å². The van der Waals surface area contributed by atoms with Gasteiger partial charge in [0.2, 0.25) is 0 Å². The van der Waals surface area contributed by atoms with Crippen molar-refractivity contribution in [3.05, 3.63) is 28.8 Å². The van der Waals surface area contributed by atoms with Crippen LogP contribution in [0.5, 0.6) is 0 Å². The van der Waals surface area contributed by atoms with Gasteiger partial charge in [-0.25, -0.2) is 0 Å². The van der Waals surface area contributed by atoms with E-state index < -0.39 is 0 Å². The summed E-state index contributed by atoms with van der Waals surface area (Å²) in [5.41, 5.74) is 2.13. The highest BCUT2D eigenvalue weighted by Crippen LogP contribution is 2.27. The Labute approximate surface area is 108 Å². The Hall–Kier alpha value is -0.770. The summed E-state index contributed by atoms with van der Waals surface area (Å²) < 4.78 is 0. The number of halogens is 1. The van der Waals surface area contributed by atoms with E-state index >= 15 is 0 Å². The molecule has 0 radical (unpaired) electrons. The average molecular weight is 257 g/mol. The molecule has 1 atom stereocenters. The third-order valence-corrected chi connectivity index (χ3v) is 3.16. The van der Waals surface area contributed by atoms with Gasteiger partial charge in [-0.05, 0) is 31.2 Å². The molecule has 0 bridgehead atoms. The lowest BCUT2D eigenvalue weighted by Gasteiger charge is -2.20. The van der Waals surface area contributed by atoms with Crippen LogP contribution in [-0.2, 0) is 0 Å². The second-order valence-corrected chi connectivity index (χ2v) is 4.54. The van der Waals surface area contributed by atoms with E-state index in [2.05, 4.69) is 19.2 Å². The van der Waals surface area contributed by atoms with Crippen molar-refractivity contribution in [1.29, 1.82) is 0 Å². The molecule has 0 spiro atoms. The SMILES string of the molecule is CCNC(C)c1ccc(N(C)CCO)cc1Cl. The average Bonchev–Trinajstić information content (AvgIpc) is 2.29. The van der Waals surface area contributed by atoms with Crippen LogP contribution >= 0.6 is 11.6 Å². The van der Waals surface area contributed by atoms with E-state index in [1.54, 1.807) is 0 Å². The van der Waals surface area contributed by atoms with Crippen LogP contribution in [0.3, 0.4) is 0 Å². The molecule has 0 fully saturated rings. The Morgan fingerprint density at radius 2 is 2.18 bits per heavy atom. The molecule has 1 aromatic rings. The fourth-order valence-corrected chi connectivity index (χ4v) is 2.14.